The Morgan fingerprint density at radius 2 is 2.31 bits per heavy atom. The molecule has 1 aromatic rings. The van der Waals surface area contributed by atoms with Crippen LogP contribution in [0.3, 0.4) is 0 Å². The molecule has 0 aromatic heterocycles. The molecule has 1 aromatic carbocycles. The summed E-state index contributed by atoms with van der Waals surface area (Å²) in [6, 6.07) is 7.09. The second-order valence-electron chi connectivity index (χ2n) is 3.69. The van der Waals surface area contributed by atoms with Gasteiger partial charge in [0, 0.05) is 10.5 Å². The van der Waals surface area contributed by atoms with Crippen molar-refractivity contribution in [1.82, 2.24) is 5.32 Å². The van der Waals surface area contributed by atoms with Crippen molar-refractivity contribution in [3.63, 3.8) is 0 Å². The third kappa shape index (κ3) is 1.94. The second-order valence-corrected chi connectivity index (χ2v) is 4.54. The molecule has 0 saturated heterocycles. The highest BCUT2D eigenvalue weighted by Crippen LogP contribution is 2.24. The first-order chi connectivity index (χ1) is 6.27. The van der Waals surface area contributed by atoms with Crippen LogP contribution in [0.4, 0.5) is 0 Å². The average Bonchev–Trinajstić information content (AvgIpc) is 2.28. The van der Waals surface area contributed by atoms with E-state index < -0.39 is 0 Å². The maximum Gasteiger partial charge on any atom is 0.0210 e. The minimum Gasteiger partial charge on any atom is -0.314 e. The molecule has 1 unspecified atom stereocenters. The zero-order valence-electron chi connectivity index (χ0n) is 7.81. The van der Waals surface area contributed by atoms with E-state index in [0.717, 1.165) is 19.4 Å². The maximum atomic E-state index is 3.62. The predicted octanol–water partition coefficient (Wildman–Crippen LogP) is 2.53. The molecule has 13 heavy (non-hydrogen) atoms. The summed E-state index contributed by atoms with van der Waals surface area (Å²) in [6.07, 6.45) is 2.29. The first kappa shape index (κ1) is 9.22. The number of fused-ring (bicyclic) bond motifs is 1. The second kappa shape index (κ2) is 3.81. The summed E-state index contributed by atoms with van der Waals surface area (Å²) in [7, 11) is 0. The Labute approximate surface area is 87.7 Å². The molecule has 1 nitrogen and oxygen atoms in total. The van der Waals surface area contributed by atoms with E-state index in [1.165, 1.54) is 15.6 Å². The number of hydrogen-bond donors (Lipinski definition) is 1. The molecule has 1 aliphatic heterocycles. The van der Waals surface area contributed by atoms with Crippen LogP contribution in [0.5, 0.6) is 0 Å². The summed E-state index contributed by atoms with van der Waals surface area (Å²) < 4.78 is 1.26. The third-order valence-corrected chi connectivity index (χ3v) is 3.36. The van der Waals surface area contributed by atoms with E-state index in [2.05, 4.69) is 46.4 Å². The minimum absolute atomic E-state index is 0.597. The van der Waals surface area contributed by atoms with Crippen LogP contribution in [-0.4, -0.2) is 12.6 Å². The number of rotatable bonds is 0. The highest BCUT2D eigenvalue weighted by Gasteiger charge is 2.13. The average molecular weight is 240 g/mol. The summed E-state index contributed by atoms with van der Waals surface area (Å²) in [5.74, 6) is 0. The van der Waals surface area contributed by atoms with Gasteiger partial charge in [-0.2, -0.15) is 0 Å². The van der Waals surface area contributed by atoms with Gasteiger partial charge in [0.1, 0.15) is 0 Å². The van der Waals surface area contributed by atoms with Crippen molar-refractivity contribution in [2.45, 2.75) is 25.8 Å². The molecule has 70 valence electrons. The van der Waals surface area contributed by atoms with Gasteiger partial charge in [0.15, 0.2) is 0 Å². The lowest BCUT2D eigenvalue weighted by Gasteiger charge is -2.10. The van der Waals surface area contributed by atoms with Gasteiger partial charge in [0.05, 0.1) is 0 Å². The Bertz CT molecular complexity index is 309. The molecule has 0 bridgehead atoms. The van der Waals surface area contributed by atoms with Crippen molar-refractivity contribution in [2.24, 2.45) is 0 Å². The highest BCUT2D eigenvalue weighted by atomic mass is 79.9. The van der Waals surface area contributed by atoms with E-state index in [9.17, 15) is 0 Å². The van der Waals surface area contributed by atoms with Crippen molar-refractivity contribution in [1.29, 1.82) is 0 Å². The van der Waals surface area contributed by atoms with Crippen LogP contribution in [0.1, 0.15) is 18.1 Å². The van der Waals surface area contributed by atoms with Crippen molar-refractivity contribution in [3.8, 4) is 0 Å². The molecule has 0 aliphatic carbocycles. The van der Waals surface area contributed by atoms with Gasteiger partial charge < -0.3 is 5.32 Å². The topological polar surface area (TPSA) is 12.0 Å². The van der Waals surface area contributed by atoms with E-state index in [4.69, 9.17) is 0 Å². The van der Waals surface area contributed by atoms with E-state index in [1.54, 1.807) is 0 Å². The summed E-state index contributed by atoms with van der Waals surface area (Å²) in [5, 5.41) is 3.50. The van der Waals surface area contributed by atoms with Crippen molar-refractivity contribution in [3.05, 3.63) is 33.8 Å². The first-order valence-corrected chi connectivity index (χ1v) is 5.56. The summed E-state index contributed by atoms with van der Waals surface area (Å²) in [6.45, 7) is 3.35. The monoisotopic (exact) mass is 239 g/mol. The van der Waals surface area contributed by atoms with Crippen molar-refractivity contribution >= 4 is 15.9 Å². The number of benzene rings is 1. The van der Waals surface area contributed by atoms with Crippen LogP contribution in [0, 0.1) is 0 Å². The Balaban J connectivity index is 2.40. The molecule has 0 amide bonds. The Kier molecular flexibility index (Phi) is 2.70. The summed E-state index contributed by atoms with van der Waals surface area (Å²) in [5.41, 5.74) is 2.98. The fourth-order valence-corrected chi connectivity index (χ4v) is 2.47. The van der Waals surface area contributed by atoms with Gasteiger partial charge >= 0.3 is 0 Å². The van der Waals surface area contributed by atoms with Crippen LogP contribution in [0.2, 0.25) is 0 Å². The normalized spacial score (nSPS) is 22.2. The van der Waals surface area contributed by atoms with Gasteiger partial charge in [-0.25, -0.2) is 0 Å². The van der Waals surface area contributed by atoms with Crippen LogP contribution in [-0.2, 0) is 12.8 Å². The lowest BCUT2D eigenvalue weighted by atomic mass is 10.0. The van der Waals surface area contributed by atoms with Gasteiger partial charge in [-0.15, -0.1) is 0 Å². The van der Waals surface area contributed by atoms with Gasteiger partial charge in [-0.1, -0.05) is 28.1 Å². The molecule has 0 fully saturated rings. The summed E-state index contributed by atoms with van der Waals surface area (Å²) in [4.78, 5) is 0. The van der Waals surface area contributed by atoms with Crippen LogP contribution in [0.15, 0.2) is 22.7 Å². The molecule has 1 aliphatic rings. The van der Waals surface area contributed by atoms with E-state index in [0.29, 0.717) is 6.04 Å². The van der Waals surface area contributed by atoms with Crippen molar-refractivity contribution < 1.29 is 0 Å². The molecular formula is C11H14BrN. The number of hydrogen-bond acceptors (Lipinski definition) is 1. The molecule has 2 rings (SSSR count). The SMILES string of the molecule is CC1Cc2c(Br)cccc2CCN1. The van der Waals surface area contributed by atoms with Gasteiger partial charge in [0.2, 0.25) is 0 Å². The molecule has 0 saturated carbocycles. The number of halogens is 1. The molecular weight excluding hydrogens is 226 g/mol. The quantitative estimate of drug-likeness (QED) is 0.734. The molecule has 1 atom stereocenters. The van der Waals surface area contributed by atoms with E-state index in [-0.39, 0.29) is 0 Å². The lowest BCUT2D eigenvalue weighted by molar-refractivity contribution is 0.567. The Morgan fingerprint density at radius 3 is 3.15 bits per heavy atom. The fraction of sp³-hybridized carbons (Fsp3) is 0.455. The minimum atomic E-state index is 0.597. The lowest BCUT2D eigenvalue weighted by Crippen LogP contribution is -2.27. The van der Waals surface area contributed by atoms with Crippen LogP contribution in [0.25, 0.3) is 0 Å². The molecule has 2 heteroatoms. The fourth-order valence-electron chi connectivity index (χ4n) is 1.90. The van der Waals surface area contributed by atoms with E-state index in [1.807, 2.05) is 0 Å². The first-order valence-electron chi connectivity index (χ1n) is 4.77. The highest BCUT2D eigenvalue weighted by molar-refractivity contribution is 9.10. The molecule has 0 radical (unpaired) electrons. The Hall–Kier alpha value is -0.340. The van der Waals surface area contributed by atoms with Crippen LogP contribution >= 0.6 is 15.9 Å². The molecule has 0 spiro atoms. The number of nitrogens with one attached hydrogen (secondary N) is 1. The Morgan fingerprint density at radius 1 is 1.46 bits per heavy atom. The van der Waals surface area contributed by atoms with Crippen LogP contribution < -0.4 is 5.32 Å². The van der Waals surface area contributed by atoms with Crippen molar-refractivity contribution in [2.75, 3.05) is 6.54 Å². The smallest absolute Gasteiger partial charge is 0.0210 e. The zero-order valence-corrected chi connectivity index (χ0v) is 9.39. The van der Waals surface area contributed by atoms with Gasteiger partial charge in [-0.05, 0) is 43.5 Å². The summed E-state index contributed by atoms with van der Waals surface area (Å²) >= 11 is 3.62. The predicted molar refractivity (Wildman–Crippen MR) is 59.0 cm³/mol. The largest absolute Gasteiger partial charge is 0.314 e. The molecule has 1 N–H and O–H groups in total. The zero-order chi connectivity index (χ0) is 9.26. The van der Waals surface area contributed by atoms with Gasteiger partial charge in [-0.3, -0.25) is 0 Å². The maximum absolute atomic E-state index is 3.62. The molecule has 1 heterocycles. The van der Waals surface area contributed by atoms with Gasteiger partial charge in [0.25, 0.3) is 0 Å². The van der Waals surface area contributed by atoms with E-state index >= 15 is 0 Å². The third-order valence-electron chi connectivity index (χ3n) is 2.61. The standard InChI is InChI=1S/C11H14BrN/c1-8-7-10-9(5-6-13-8)3-2-4-11(10)12/h2-4,8,13H,5-7H2,1H3.